The Morgan fingerprint density at radius 1 is 0.977 bits per heavy atom. The van der Waals surface area contributed by atoms with Crippen molar-refractivity contribution in [2.24, 2.45) is 5.41 Å². The van der Waals surface area contributed by atoms with Crippen LogP contribution in [-0.4, -0.2) is 68.2 Å². The molecule has 2 atom stereocenters. The van der Waals surface area contributed by atoms with Crippen molar-refractivity contribution in [2.75, 3.05) is 44.6 Å². The minimum absolute atomic E-state index is 0.0108. The molecular weight excluding hydrogens is 602 g/mol. The molecule has 0 aromatic heterocycles. The summed E-state index contributed by atoms with van der Waals surface area (Å²) < 4.78 is 14.0. The van der Waals surface area contributed by atoms with Crippen molar-refractivity contribution in [1.82, 2.24) is 15.5 Å². The fourth-order valence-electron chi connectivity index (χ4n) is 4.57. The fourth-order valence-corrected chi connectivity index (χ4v) is 4.94. The standard InChI is InChI=1S/C17H15Cl2FN2O.C8H16N2O2.C5H12.2C2H6/c18-11-3-1-2-10(4-11)13-7-21-8-14(13)12-5-16(20)15(19)6-17(12)22-9-23;11-7-9-3-6-10-4-1-8(12)2-5-10;1-5(2,3)4;2*1-2/h1-6,9,13-14,21H,7-8H2,(H,22,23);7-8,12H,1-6H2,(H,9,11);1-4H3;2*1-2H3/t13?,14-;;;;/m0..../s1. The van der Waals surface area contributed by atoms with Gasteiger partial charge in [-0.25, -0.2) is 4.39 Å². The van der Waals surface area contributed by atoms with Gasteiger partial charge in [-0.2, -0.15) is 0 Å². The Morgan fingerprint density at radius 2 is 1.57 bits per heavy atom. The molecule has 0 bridgehead atoms. The van der Waals surface area contributed by atoms with E-state index in [1.807, 2.05) is 52.0 Å². The van der Waals surface area contributed by atoms with E-state index in [2.05, 4.69) is 48.5 Å². The van der Waals surface area contributed by atoms with Crippen LogP contribution in [0.2, 0.25) is 10.0 Å². The van der Waals surface area contributed by atoms with E-state index >= 15 is 0 Å². The molecule has 250 valence electrons. The van der Waals surface area contributed by atoms with Crippen LogP contribution >= 0.6 is 23.2 Å². The lowest BCUT2D eigenvalue weighted by Crippen LogP contribution is -2.39. The molecule has 0 aliphatic carbocycles. The molecule has 2 aliphatic rings. The molecule has 44 heavy (non-hydrogen) atoms. The maximum Gasteiger partial charge on any atom is 0.211 e. The van der Waals surface area contributed by atoms with Crippen LogP contribution < -0.4 is 16.0 Å². The SMILES string of the molecule is CC.CC.CC(C)(C)C.O=CNCCN1CCC(O)CC1.O=CNc1cc(Cl)c(F)cc1[C@@H]1CNCC1c1cccc(Cl)c1. The van der Waals surface area contributed by atoms with Gasteiger partial charge in [-0.3, -0.25) is 9.59 Å². The minimum Gasteiger partial charge on any atom is -0.393 e. The lowest BCUT2D eigenvalue weighted by molar-refractivity contribution is -0.109. The van der Waals surface area contributed by atoms with Gasteiger partial charge in [0.05, 0.1) is 11.1 Å². The Bertz CT molecular complexity index is 1070. The first-order chi connectivity index (χ1) is 20.9. The quantitative estimate of drug-likeness (QED) is 0.175. The van der Waals surface area contributed by atoms with Crippen molar-refractivity contribution in [3.8, 4) is 0 Å². The van der Waals surface area contributed by atoms with Gasteiger partial charge in [0.2, 0.25) is 12.8 Å². The van der Waals surface area contributed by atoms with Crippen molar-refractivity contribution in [1.29, 1.82) is 0 Å². The van der Waals surface area contributed by atoms with Gasteiger partial charge in [0.1, 0.15) is 5.82 Å². The van der Waals surface area contributed by atoms with E-state index < -0.39 is 5.82 Å². The molecule has 4 rings (SSSR count). The zero-order chi connectivity index (χ0) is 33.7. The molecule has 2 fully saturated rings. The summed E-state index contributed by atoms with van der Waals surface area (Å²) >= 11 is 11.9. The van der Waals surface area contributed by atoms with E-state index in [1.54, 1.807) is 0 Å². The molecule has 10 heteroatoms. The van der Waals surface area contributed by atoms with Gasteiger partial charge in [0, 0.05) is 61.8 Å². The topological polar surface area (TPSA) is 93.7 Å². The van der Waals surface area contributed by atoms with Crippen LogP contribution in [0.1, 0.15) is 91.2 Å². The second kappa shape index (κ2) is 23.2. The highest BCUT2D eigenvalue weighted by molar-refractivity contribution is 6.31. The number of piperidine rings is 1. The van der Waals surface area contributed by atoms with E-state index in [0.717, 1.165) is 56.6 Å². The zero-order valence-electron chi connectivity index (χ0n) is 27.9. The van der Waals surface area contributed by atoms with Crippen LogP contribution in [-0.2, 0) is 9.59 Å². The molecule has 2 amide bonds. The normalized spacial score (nSPS) is 18.0. The summed E-state index contributed by atoms with van der Waals surface area (Å²) in [6, 6.07) is 10.5. The smallest absolute Gasteiger partial charge is 0.211 e. The second-order valence-corrected chi connectivity index (χ2v) is 12.5. The molecule has 0 saturated carbocycles. The summed E-state index contributed by atoms with van der Waals surface area (Å²) in [6.07, 6.45) is 2.91. The van der Waals surface area contributed by atoms with E-state index in [-0.39, 0.29) is 23.0 Å². The zero-order valence-corrected chi connectivity index (χ0v) is 29.4. The van der Waals surface area contributed by atoms with Gasteiger partial charge in [0.15, 0.2) is 0 Å². The first-order valence-corrected chi connectivity index (χ1v) is 16.4. The van der Waals surface area contributed by atoms with Crippen LogP contribution in [0.4, 0.5) is 10.1 Å². The highest BCUT2D eigenvalue weighted by Crippen LogP contribution is 2.41. The second-order valence-electron chi connectivity index (χ2n) is 11.7. The van der Waals surface area contributed by atoms with Gasteiger partial charge < -0.3 is 26.0 Å². The van der Waals surface area contributed by atoms with E-state index in [1.165, 1.54) is 12.1 Å². The molecule has 4 N–H and O–H groups in total. The Labute approximate surface area is 275 Å². The van der Waals surface area contributed by atoms with Crippen molar-refractivity contribution < 1.29 is 19.1 Å². The van der Waals surface area contributed by atoms with Gasteiger partial charge in [-0.1, -0.05) is 90.7 Å². The number of benzene rings is 2. The van der Waals surface area contributed by atoms with Crippen molar-refractivity contribution in [3.05, 3.63) is 63.4 Å². The van der Waals surface area contributed by atoms with Crippen LogP contribution in [0, 0.1) is 11.2 Å². The number of nitrogens with zero attached hydrogens (tertiary/aromatic N) is 1. The number of amides is 2. The maximum absolute atomic E-state index is 14.0. The first-order valence-electron chi connectivity index (χ1n) is 15.7. The third-order valence-corrected chi connectivity index (χ3v) is 6.93. The number of likely N-dealkylation sites (tertiary alicyclic amines) is 1. The summed E-state index contributed by atoms with van der Waals surface area (Å²) in [7, 11) is 0. The highest BCUT2D eigenvalue weighted by Gasteiger charge is 2.32. The Hall–Kier alpha value is -2.23. The fraction of sp³-hybridized carbons (Fsp3) is 0.588. The molecule has 0 spiro atoms. The maximum atomic E-state index is 14.0. The molecule has 2 aromatic carbocycles. The molecule has 2 aliphatic heterocycles. The summed E-state index contributed by atoms with van der Waals surface area (Å²) in [4.78, 5) is 23.0. The molecule has 2 heterocycles. The minimum atomic E-state index is -0.491. The summed E-state index contributed by atoms with van der Waals surface area (Å²) in [6.45, 7) is 21.7. The summed E-state index contributed by atoms with van der Waals surface area (Å²) in [5, 5.41) is 18.4. The first kappa shape index (κ1) is 41.8. The predicted molar refractivity (Wildman–Crippen MR) is 184 cm³/mol. The van der Waals surface area contributed by atoms with Gasteiger partial charge >= 0.3 is 0 Å². The number of aliphatic hydroxyl groups is 1. The van der Waals surface area contributed by atoms with E-state index in [0.29, 0.717) is 35.6 Å². The number of aliphatic hydroxyl groups excluding tert-OH is 1. The molecule has 2 aromatic rings. The largest absolute Gasteiger partial charge is 0.393 e. The molecule has 1 unspecified atom stereocenters. The third kappa shape index (κ3) is 16.7. The molecular formula is C34H55Cl2FN4O3. The van der Waals surface area contributed by atoms with Gasteiger partial charge in [0.25, 0.3) is 0 Å². The molecule has 0 radical (unpaired) electrons. The van der Waals surface area contributed by atoms with E-state index in [9.17, 15) is 19.1 Å². The lowest BCUT2D eigenvalue weighted by Gasteiger charge is -2.29. The van der Waals surface area contributed by atoms with Crippen molar-refractivity contribution in [2.45, 2.75) is 86.2 Å². The van der Waals surface area contributed by atoms with Gasteiger partial charge in [-0.05, 0) is 53.6 Å². The van der Waals surface area contributed by atoms with Crippen LogP contribution in [0.5, 0.6) is 0 Å². The monoisotopic (exact) mass is 656 g/mol. The summed E-state index contributed by atoms with van der Waals surface area (Å²) in [5.74, 6) is -0.334. The number of carbonyl (C=O) groups excluding carboxylic acids is 2. The van der Waals surface area contributed by atoms with E-state index in [4.69, 9.17) is 23.2 Å². The van der Waals surface area contributed by atoms with Gasteiger partial charge in [-0.15, -0.1) is 0 Å². The molecule has 2 saturated heterocycles. The third-order valence-electron chi connectivity index (χ3n) is 6.41. The lowest BCUT2D eigenvalue weighted by atomic mass is 9.83. The number of hydrogen-bond acceptors (Lipinski definition) is 5. The predicted octanol–water partition coefficient (Wildman–Crippen LogP) is 7.47. The number of halogens is 3. The molecule has 7 nitrogen and oxygen atoms in total. The number of carbonyl (C=O) groups is 2. The van der Waals surface area contributed by atoms with Crippen LogP contribution in [0.3, 0.4) is 0 Å². The number of nitrogens with one attached hydrogen (secondary N) is 3. The van der Waals surface area contributed by atoms with Crippen molar-refractivity contribution >= 4 is 41.7 Å². The Morgan fingerprint density at radius 3 is 2.11 bits per heavy atom. The van der Waals surface area contributed by atoms with Crippen molar-refractivity contribution in [3.63, 3.8) is 0 Å². The van der Waals surface area contributed by atoms with Crippen LogP contribution in [0.25, 0.3) is 0 Å². The average molecular weight is 658 g/mol. The average Bonchev–Trinajstić information content (AvgIpc) is 3.48. The Kier molecular flexibility index (Phi) is 22.0. The summed E-state index contributed by atoms with van der Waals surface area (Å²) in [5.41, 5.74) is 2.85. The number of anilines is 1. The van der Waals surface area contributed by atoms with Crippen LogP contribution in [0.15, 0.2) is 36.4 Å². The highest BCUT2D eigenvalue weighted by atomic mass is 35.5. The Balaban J connectivity index is 0.000000738. The number of rotatable bonds is 8. The number of hydrogen-bond donors (Lipinski definition) is 4.